The van der Waals surface area contributed by atoms with Crippen LogP contribution in [0.15, 0.2) is 76.3 Å². The maximum Gasteiger partial charge on any atom is 0.273 e. The predicted octanol–water partition coefficient (Wildman–Crippen LogP) is 6.07. The number of hydrogen-bond acceptors (Lipinski definition) is 3. The standard InChI is InChI=1S/C26H26BrN3O2/c1-17-6-5-7-18(14-17)16-28-30-25(32)22-15-21(27)12-13-23(22)29-24(31)19-8-10-20(11-9-19)26(2,3)4/h5-16H,1-4H3,(H,29,31)(H,30,32)/b28-16+. The highest BCUT2D eigenvalue weighted by atomic mass is 79.9. The second-order valence-electron chi connectivity index (χ2n) is 8.58. The van der Waals surface area contributed by atoms with E-state index in [0.717, 1.165) is 21.2 Å². The highest BCUT2D eigenvalue weighted by Gasteiger charge is 2.17. The van der Waals surface area contributed by atoms with E-state index in [1.165, 1.54) is 0 Å². The molecule has 2 N–H and O–H groups in total. The average Bonchev–Trinajstić information content (AvgIpc) is 2.74. The van der Waals surface area contributed by atoms with Gasteiger partial charge in [0, 0.05) is 10.0 Å². The Morgan fingerprint density at radius 2 is 1.66 bits per heavy atom. The number of hydrogen-bond donors (Lipinski definition) is 2. The molecular formula is C26H26BrN3O2. The number of aryl methyl sites for hydroxylation is 1. The van der Waals surface area contributed by atoms with Crippen molar-refractivity contribution in [1.82, 2.24) is 5.43 Å². The zero-order valence-electron chi connectivity index (χ0n) is 18.6. The molecule has 0 unspecified atom stereocenters. The van der Waals surface area contributed by atoms with Gasteiger partial charge < -0.3 is 5.32 Å². The van der Waals surface area contributed by atoms with Crippen molar-refractivity contribution in [3.05, 3.63) is 99.0 Å². The van der Waals surface area contributed by atoms with Gasteiger partial charge in [0.1, 0.15) is 0 Å². The summed E-state index contributed by atoms with van der Waals surface area (Å²) in [7, 11) is 0. The van der Waals surface area contributed by atoms with Crippen molar-refractivity contribution in [2.45, 2.75) is 33.1 Å². The van der Waals surface area contributed by atoms with Crippen molar-refractivity contribution < 1.29 is 9.59 Å². The zero-order chi connectivity index (χ0) is 23.3. The summed E-state index contributed by atoms with van der Waals surface area (Å²) in [4.78, 5) is 25.5. The summed E-state index contributed by atoms with van der Waals surface area (Å²) in [6.07, 6.45) is 1.58. The Balaban J connectivity index is 1.75. The molecule has 0 radical (unpaired) electrons. The molecule has 3 rings (SSSR count). The van der Waals surface area contributed by atoms with E-state index in [2.05, 4.69) is 52.5 Å². The number of amides is 2. The maximum atomic E-state index is 12.8. The first-order valence-corrected chi connectivity index (χ1v) is 11.0. The van der Waals surface area contributed by atoms with Crippen LogP contribution in [-0.2, 0) is 5.41 Å². The first kappa shape index (κ1) is 23.4. The van der Waals surface area contributed by atoms with Crippen LogP contribution in [0.5, 0.6) is 0 Å². The van der Waals surface area contributed by atoms with Crippen LogP contribution < -0.4 is 10.7 Å². The van der Waals surface area contributed by atoms with Gasteiger partial charge in [0.25, 0.3) is 11.8 Å². The minimum Gasteiger partial charge on any atom is -0.321 e. The van der Waals surface area contributed by atoms with Gasteiger partial charge in [0.2, 0.25) is 0 Å². The zero-order valence-corrected chi connectivity index (χ0v) is 20.2. The molecule has 0 aliphatic heterocycles. The third kappa shape index (κ3) is 6.14. The fourth-order valence-corrected chi connectivity index (χ4v) is 3.47. The van der Waals surface area contributed by atoms with Gasteiger partial charge >= 0.3 is 0 Å². The van der Waals surface area contributed by atoms with Crippen LogP contribution in [-0.4, -0.2) is 18.0 Å². The number of halogens is 1. The molecule has 6 heteroatoms. The van der Waals surface area contributed by atoms with Gasteiger partial charge in [-0.05, 0) is 53.8 Å². The second-order valence-corrected chi connectivity index (χ2v) is 9.50. The van der Waals surface area contributed by atoms with Gasteiger partial charge in [-0.3, -0.25) is 9.59 Å². The Kier molecular flexibility index (Phi) is 7.26. The number of anilines is 1. The van der Waals surface area contributed by atoms with E-state index in [1.807, 2.05) is 43.3 Å². The number of carbonyl (C=O) groups is 2. The van der Waals surface area contributed by atoms with Gasteiger partial charge in [0.05, 0.1) is 17.5 Å². The quantitative estimate of drug-likeness (QED) is 0.335. The first-order valence-electron chi connectivity index (χ1n) is 10.2. The Morgan fingerprint density at radius 3 is 2.31 bits per heavy atom. The molecule has 0 heterocycles. The summed E-state index contributed by atoms with van der Waals surface area (Å²) >= 11 is 3.38. The largest absolute Gasteiger partial charge is 0.321 e. The molecule has 164 valence electrons. The van der Waals surface area contributed by atoms with Gasteiger partial charge in [-0.25, -0.2) is 5.43 Å². The SMILES string of the molecule is Cc1cccc(/C=N/NC(=O)c2cc(Br)ccc2NC(=O)c2ccc(C(C)(C)C)cc2)c1. The first-order chi connectivity index (χ1) is 15.1. The molecule has 3 aromatic carbocycles. The van der Waals surface area contributed by atoms with Crippen molar-refractivity contribution in [2.75, 3.05) is 5.32 Å². The molecule has 32 heavy (non-hydrogen) atoms. The molecule has 3 aromatic rings. The maximum absolute atomic E-state index is 12.8. The van der Waals surface area contributed by atoms with Crippen LogP contribution in [0.4, 0.5) is 5.69 Å². The molecule has 0 atom stereocenters. The highest BCUT2D eigenvalue weighted by molar-refractivity contribution is 9.10. The molecule has 0 aliphatic carbocycles. The summed E-state index contributed by atoms with van der Waals surface area (Å²) in [6.45, 7) is 8.35. The lowest BCUT2D eigenvalue weighted by molar-refractivity contribution is 0.0956. The molecule has 2 amide bonds. The van der Waals surface area contributed by atoms with E-state index in [9.17, 15) is 9.59 Å². The monoisotopic (exact) mass is 491 g/mol. The molecule has 0 bridgehead atoms. The van der Waals surface area contributed by atoms with E-state index in [0.29, 0.717) is 16.8 Å². The van der Waals surface area contributed by atoms with Crippen molar-refractivity contribution in [1.29, 1.82) is 0 Å². The van der Waals surface area contributed by atoms with Gasteiger partial charge in [-0.2, -0.15) is 5.10 Å². The van der Waals surface area contributed by atoms with E-state index < -0.39 is 5.91 Å². The van der Waals surface area contributed by atoms with Crippen molar-refractivity contribution in [3.8, 4) is 0 Å². The van der Waals surface area contributed by atoms with E-state index in [4.69, 9.17) is 0 Å². The summed E-state index contributed by atoms with van der Waals surface area (Å²) in [5, 5.41) is 6.88. The summed E-state index contributed by atoms with van der Waals surface area (Å²) in [6, 6.07) is 20.4. The third-order valence-electron chi connectivity index (χ3n) is 4.91. The molecule has 0 spiro atoms. The van der Waals surface area contributed by atoms with Crippen LogP contribution >= 0.6 is 15.9 Å². The topological polar surface area (TPSA) is 70.6 Å². The lowest BCUT2D eigenvalue weighted by Crippen LogP contribution is -2.21. The van der Waals surface area contributed by atoms with Crippen LogP contribution in [0.3, 0.4) is 0 Å². The number of nitrogens with one attached hydrogen (secondary N) is 2. The minimum absolute atomic E-state index is 0.00490. The highest BCUT2D eigenvalue weighted by Crippen LogP contribution is 2.24. The molecule has 5 nitrogen and oxygen atoms in total. The number of hydrazone groups is 1. The lowest BCUT2D eigenvalue weighted by atomic mass is 9.86. The number of rotatable bonds is 5. The van der Waals surface area contributed by atoms with Crippen LogP contribution in [0.1, 0.15) is 58.2 Å². The molecular weight excluding hydrogens is 466 g/mol. The second kappa shape index (κ2) is 9.92. The van der Waals surface area contributed by atoms with E-state index in [-0.39, 0.29) is 11.3 Å². The van der Waals surface area contributed by atoms with E-state index >= 15 is 0 Å². The molecule has 0 aromatic heterocycles. The van der Waals surface area contributed by atoms with E-state index in [1.54, 1.807) is 36.5 Å². The fraction of sp³-hybridized carbons (Fsp3) is 0.192. The van der Waals surface area contributed by atoms with Crippen molar-refractivity contribution in [2.24, 2.45) is 5.10 Å². The van der Waals surface area contributed by atoms with Gasteiger partial charge in [-0.1, -0.05) is 78.7 Å². The fourth-order valence-electron chi connectivity index (χ4n) is 3.11. The molecule has 0 fully saturated rings. The Hall–Kier alpha value is -3.25. The predicted molar refractivity (Wildman–Crippen MR) is 133 cm³/mol. The van der Waals surface area contributed by atoms with Gasteiger partial charge in [0.15, 0.2) is 0 Å². The average molecular weight is 492 g/mol. The smallest absolute Gasteiger partial charge is 0.273 e. The molecule has 0 aliphatic rings. The van der Waals surface area contributed by atoms with Crippen molar-refractivity contribution in [3.63, 3.8) is 0 Å². The number of carbonyl (C=O) groups excluding carboxylic acids is 2. The Labute approximate surface area is 197 Å². The number of benzene rings is 3. The number of nitrogens with zero attached hydrogens (tertiary/aromatic N) is 1. The Bertz CT molecular complexity index is 1160. The van der Waals surface area contributed by atoms with Crippen LogP contribution in [0, 0.1) is 6.92 Å². The summed E-state index contributed by atoms with van der Waals surface area (Å²) < 4.78 is 0.720. The normalized spacial score (nSPS) is 11.4. The molecule has 0 saturated carbocycles. The lowest BCUT2D eigenvalue weighted by Gasteiger charge is -2.19. The minimum atomic E-state index is -0.423. The molecule has 0 saturated heterocycles. The summed E-state index contributed by atoms with van der Waals surface area (Å²) in [5.74, 6) is -0.710. The van der Waals surface area contributed by atoms with Crippen molar-refractivity contribution >= 4 is 39.6 Å². The van der Waals surface area contributed by atoms with Crippen LogP contribution in [0.25, 0.3) is 0 Å². The van der Waals surface area contributed by atoms with Gasteiger partial charge in [-0.15, -0.1) is 0 Å². The Morgan fingerprint density at radius 1 is 0.938 bits per heavy atom. The third-order valence-corrected chi connectivity index (χ3v) is 5.40. The summed E-state index contributed by atoms with van der Waals surface area (Å²) in [5.41, 5.74) is 6.89. The van der Waals surface area contributed by atoms with Crippen LogP contribution in [0.2, 0.25) is 0 Å².